The van der Waals surface area contributed by atoms with Crippen LogP contribution in [0.5, 0.6) is 0 Å². The van der Waals surface area contributed by atoms with E-state index in [-0.39, 0.29) is 11.7 Å². The van der Waals surface area contributed by atoms with Gasteiger partial charge in [-0.1, -0.05) is 24.3 Å². The summed E-state index contributed by atoms with van der Waals surface area (Å²) in [6.07, 6.45) is 0.330. The highest BCUT2D eigenvalue weighted by Crippen LogP contribution is 2.19. The van der Waals surface area contributed by atoms with E-state index in [1.165, 1.54) is 16.8 Å². The minimum absolute atomic E-state index is 0.256. The van der Waals surface area contributed by atoms with Crippen LogP contribution in [0.15, 0.2) is 48.5 Å². The minimum atomic E-state index is -0.670. The van der Waals surface area contributed by atoms with Gasteiger partial charge in [-0.3, -0.25) is 4.79 Å². The van der Waals surface area contributed by atoms with Crippen molar-refractivity contribution in [2.75, 3.05) is 11.9 Å². The second-order valence-corrected chi connectivity index (χ2v) is 6.34. The normalized spacial score (nSPS) is 12.0. The van der Waals surface area contributed by atoms with Crippen LogP contribution in [-0.4, -0.2) is 32.7 Å². The van der Waals surface area contributed by atoms with E-state index in [1.807, 2.05) is 31.2 Å². The maximum atomic E-state index is 13.2. The molecule has 3 rings (SSSR count). The van der Waals surface area contributed by atoms with Gasteiger partial charge in [0.25, 0.3) is 0 Å². The van der Waals surface area contributed by atoms with Gasteiger partial charge in [-0.05, 0) is 59.7 Å². The molecule has 146 valence electrons. The van der Waals surface area contributed by atoms with Gasteiger partial charge in [0, 0.05) is 18.7 Å². The molecule has 3 aromatic rings. The van der Waals surface area contributed by atoms with E-state index in [2.05, 4.69) is 20.8 Å². The molecular formula is C20H22FN5O2. The van der Waals surface area contributed by atoms with Crippen molar-refractivity contribution >= 4 is 11.6 Å². The van der Waals surface area contributed by atoms with Crippen LogP contribution in [0.2, 0.25) is 0 Å². The molecule has 1 unspecified atom stereocenters. The predicted molar refractivity (Wildman–Crippen MR) is 102 cm³/mol. The van der Waals surface area contributed by atoms with E-state index in [1.54, 1.807) is 19.1 Å². The maximum absolute atomic E-state index is 13.2. The lowest BCUT2D eigenvalue weighted by Gasteiger charge is -2.18. The van der Waals surface area contributed by atoms with Gasteiger partial charge in [0.05, 0.1) is 6.61 Å². The zero-order valence-electron chi connectivity index (χ0n) is 15.8. The van der Waals surface area contributed by atoms with Gasteiger partial charge in [-0.2, -0.15) is 0 Å². The average Bonchev–Trinajstić information content (AvgIpc) is 3.11. The Morgan fingerprint density at radius 2 is 2.00 bits per heavy atom. The number of hydrogen-bond donors (Lipinski definition) is 1. The molecule has 28 heavy (non-hydrogen) atoms. The number of anilines is 1. The third kappa shape index (κ3) is 4.98. The molecule has 0 fully saturated rings. The van der Waals surface area contributed by atoms with Crippen molar-refractivity contribution in [1.82, 2.24) is 20.2 Å². The lowest BCUT2D eigenvalue weighted by Crippen LogP contribution is -2.29. The minimum Gasteiger partial charge on any atom is -0.377 e. The van der Waals surface area contributed by atoms with E-state index in [4.69, 9.17) is 4.74 Å². The number of halogens is 1. The summed E-state index contributed by atoms with van der Waals surface area (Å²) in [5.74, 6) is -0.0601. The van der Waals surface area contributed by atoms with Gasteiger partial charge in [-0.25, -0.2) is 9.07 Å². The van der Waals surface area contributed by atoms with Crippen LogP contribution < -0.4 is 5.32 Å². The number of carbonyl (C=O) groups excluding carboxylic acids is 1. The van der Waals surface area contributed by atoms with Gasteiger partial charge in [0.2, 0.25) is 5.91 Å². The number of aromatic nitrogens is 4. The number of carbonyl (C=O) groups is 1. The Hall–Kier alpha value is -3.13. The van der Waals surface area contributed by atoms with E-state index >= 15 is 0 Å². The molecular weight excluding hydrogens is 361 g/mol. The number of ether oxygens (including phenoxy) is 1. The first-order chi connectivity index (χ1) is 13.6. The molecule has 0 radical (unpaired) electrons. The lowest BCUT2D eigenvalue weighted by molar-refractivity contribution is -0.119. The number of benzene rings is 2. The third-order valence-corrected chi connectivity index (χ3v) is 4.26. The Labute approximate surface area is 162 Å². The maximum Gasteiger partial charge on any atom is 0.249 e. The summed E-state index contributed by atoms with van der Waals surface area (Å²) in [4.78, 5) is 13.0. The fourth-order valence-electron chi connectivity index (χ4n) is 2.84. The van der Waals surface area contributed by atoms with Crippen LogP contribution in [-0.2, 0) is 22.6 Å². The molecule has 0 saturated carbocycles. The summed E-state index contributed by atoms with van der Waals surface area (Å²) < 4.78 is 20.1. The topological polar surface area (TPSA) is 81.9 Å². The van der Waals surface area contributed by atoms with Crippen LogP contribution in [0, 0.1) is 12.7 Å². The fraction of sp³-hybridized carbons (Fsp3) is 0.300. The number of amides is 1. The number of nitrogens with zero attached hydrogens (tertiary/aromatic N) is 4. The van der Waals surface area contributed by atoms with Crippen LogP contribution in [0.4, 0.5) is 10.1 Å². The standard InChI is InChI=1S/C20H22FN5O2/c1-3-28-13-16-5-4-6-18(11-16)22-20(27)19(26-14(2)23-24-25-26)12-15-7-9-17(21)10-8-15/h4-11,19H,3,12-13H2,1-2H3,(H,22,27). The molecule has 0 bridgehead atoms. The molecule has 0 aliphatic carbocycles. The summed E-state index contributed by atoms with van der Waals surface area (Å²) in [6, 6.07) is 12.9. The van der Waals surface area contributed by atoms with Gasteiger partial charge in [0.15, 0.2) is 0 Å². The summed E-state index contributed by atoms with van der Waals surface area (Å²) in [7, 11) is 0. The van der Waals surface area contributed by atoms with Gasteiger partial charge in [0.1, 0.15) is 17.7 Å². The predicted octanol–water partition coefficient (Wildman–Crippen LogP) is 3.08. The Kier molecular flexibility index (Phi) is 6.44. The van der Waals surface area contributed by atoms with Crippen LogP contribution in [0.1, 0.15) is 29.9 Å². The fourth-order valence-corrected chi connectivity index (χ4v) is 2.84. The zero-order chi connectivity index (χ0) is 19.9. The molecule has 2 aromatic carbocycles. The number of hydrogen-bond acceptors (Lipinski definition) is 5. The molecule has 0 spiro atoms. The second-order valence-electron chi connectivity index (χ2n) is 6.34. The number of nitrogens with one attached hydrogen (secondary N) is 1. The highest BCUT2D eigenvalue weighted by Gasteiger charge is 2.24. The van der Waals surface area contributed by atoms with Crippen molar-refractivity contribution in [2.45, 2.75) is 32.9 Å². The molecule has 1 amide bonds. The number of aryl methyl sites for hydroxylation is 1. The van der Waals surface area contributed by atoms with Crippen molar-refractivity contribution in [3.05, 3.63) is 71.3 Å². The van der Waals surface area contributed by atoms with Crippen LogP contribution in [0.3, 0.4) is 0 Å². The number of rotatable bonds is 8. The van der Waals surface area contributed by atoms with Crippen LogP contribution in [0.25, 0.3) is 0 Å². The zero-order valence-corrected chi connectivity index (χ0v) is 15.8. The monoisotopic (exact) mass is 383 g/mol. The first kappa shape index (κ1) is 19.6. The molecule has 0 aliphatic heterocycles. The Morgan fingerprint density at radius 3 is 2.68 bits per heavy atom. The molecule has 1 atom stereocenters. The van der Waals surface area contributed by atoms with Gasteiger partial charge < -0.3 is 10.1 Å². The Bertz CT molecular complexity index is 926. The molecule has 0 aliphatic rings. The Morgan fingerprint density at radius 1 is 1.21 bits per heavy atom. The third-order valence-electron chi connectivity index (χ3n) is 4.26. The van der Waals surface area contributed by atoms with E-state index in [9.17, 15) is 9.18 Å². The molecule has 0 saturated heterocycles. The quantitative estimate of drug-likeness (QED) is 0.646. The van der Waals surface area contributed by atoms with Gasteiger partial charge in [-0.15, -0.1) is 5.10 Å². The van der Waals surface area contributed by atoms with Crippen molar-refractivity contribution in [1.29, 1.82) is 0 Å². The summed E-state index contributed by atoms with van der Waals surface area (Å²) in [6.45, 7) is 4.76. The van der Waals surface area contributed by atoms with Crippen molar-refractivity contribution in [2.24, 2.45) is 0 Å². The largest absolute Gasteiger partial charge is 0.377 e. The first-order valence-electron chi connectivity index (χ1n) is 9.03. The van der Waals surface area contributed by atoms with E-state index in [0.717, 1.165) is 11.1 Å². The van der Waals surface area contributed by atoms with Crippen molar-refractivity contribution in [3.63, 3.8) is 0 Å². The smallest absolute Gasteiger partial charge is 0.249 e. The highest BCUT2D eigenvalue weighted by atomic mass is 19.1. The van der Waals surface area contributed by atoms with Crippen LogP contribution >= 0.6 is 0 Å². The molecule has 8 heteroatoms. The SMILES string of the molecule is CCOCc1cccc(NC(=O)C(Cc2ccc(F)cc2)n2nnnc2C)c1. The molecule has 1 heterocycles. The first-order valence-corrected chi connectivity index (χ1v) is 9.03. The summed E-state index contributed by atoms with van der Waals surface area (Å²) in [5.41, 5.74) is 2.44. The molecule has 1 aromatic heterocycles. The highest BCUT2D eigenvalue weighted by molar-refractivity contribution is 5.94. The summed E-state index contributed by atoms with van der Waals surface area (Å²) in [5, 5.41) is 14.4. The average molecular weight is 383 g/mol. The van der Waals surface area contributed by atoms with E-state index in [0.29, 0.717) is 31.1 Å². The van der Waals surface area contributed by atoms with Crippen molar-refractivity contribution in [3.8, 4) is 0 Å². The lowest BCUT2D eigenvalue weighted by atomic mass is 10.0. The van der Waals surface area contributed by atoms with E-state index < -0.39 is 6.04 Å². The summed E-state index contributed by atoms with van der Waals surface area (Å²) >= 11 is 0. The molecule has 7 nitrogen and oxygen atoms in total. The second kappa shape index (κ2) is 9.18. The molecule has 1 N–H and O–H groups in total. The van der Waals surface area contributed by atoms with Gasteiger partial charge >= 0.3 is 0 Å². The Balaban J connectivity index is 1.80. The van der Waals surface area contributed by atoms with Crippen molar-refractivity contribution < 1.29 is 13.9 Å². The number of tetrazole rings is 1.